The first-order valence-corrected chi connectivity index (χ1v) is 7.64. The topological polar surface area (TPSA) is 84.9 Å². The van der Waals surface area contributed by atoms with E-state index in [1.165, 1.54) is 19.2 Å². The molecule has 0 saturated carbocycles. The molecule has 1 unspecified atom stereocenters. The first-order chi connectivity index (χ1) is 9.00. The van der Waals surface area contributed by atoms with Crippen LogP contribution in [0.4, 0.5) is 5.69 Å². The van der Waals surface area contributed by atoms with E-state index in [9.17, 15) is 13.5 Å². The van der Waals surface area contributed by atoms with Crippen molar-refractivity contribution in [3.8, 4) is 11.5 Å². The van der Waals surface area contributed by atoms with Crippen molar-refractivity contribution in [2.24, 2.45) is 0 Å². The van der Waals surface area contributed by atoms with Crippen molar-refractivity contribution >= 4 is 15.7 Å². The molecule has 1 aliphatic rings. The van der Waals surface area contributed by atoms with Crippen LogP contribution in [0.2, 0.25) is 0 Å². The van der Waals surface area contributed by atoms with E-state index in [-0.39, 0.29) is 23.3 Å². The molecule has 19 heavy (non-hydrogen) atoms. The van der Waals surface area contributed by atoms with Crippen LogP contribution in [0, 0.1) is 0 Å². The lowest BCUT2D eigenvalue weighted by Gasteiger charge is -2.13. The molecule has 1 aliphatic heterocycles. The van der Waals surface area contributed by atoms with E-state index in [2.05, 4.69) is 4.72 Å². The summed E-state index contributed by atoms with van der Waals surface area (Å²) < 4.78 is 36.6. The Bertz CT molecular complexity index is 537. The van der Waals surface area contributed by atoms with E-state index >= 15 is 0 Å². The van der Waals surface area contributed by atoms with Gasteiger partial charge in [0, 0.05) is 12.7 Å². The Morgan fingerprint density at radius 2 is 2.32 bits per heavy atom. The fourth-order valence-corrected chi connectivity index (χ4v) is 3.29. The van der Waals surface area contributed by atoms with Crippen molar-refractivity contribution in [2.75, 3.05) is 24.2 Å². The molecule has 1 aromatic carbocycles. The number of ether oxygens (including phenoxy) is 2. The third-order valence-electron chi connectivity index (χ3n) is 2.90. The van der Waals surface area contributed by atoms with Gasteiger partial charge in [0.2, 0.25) is 10.0 Å². The van der Waals surface area contributed by atoms with Crippen molar-refractivity contribution in [2.45, 2.75) is 18.9 Å². The van der Waals surface area contributed by atoms with Crippen LogP contribution in [0.5, 0.6) is 11.5 Å². The summed E-state index contributed by atoms with van der Waals surface area (Å²) in [6.07, 6.45) is 1.35. The second-order valence-corrected chi connectivity index (χ2v) is 6.17. The highest BCUT2D eigenvalue weighted by molar-refractivity contribution is 7.92. The van der Waals surface area contributed by atoms with Gasteiger partial charge < -0.3 is 14.6 Å². The Morgan fingerprint density at radius 3 is 2.95 bits per heavy atom. The van der Waals surface area contributed by atoms with Crippen molar-refractivity contribution in [1.29, 1.82) is 0 Å². The van der Waals surface area contributed by atoms with Gasteiger partial charge in [-0.25, -0.2) is 8.42 Å². The largest absolute Gasteiger partial charge is 0.506 e. The van der Waals surface area contributed by atoms with Crippen molar-refractivity contribution in [3.63, 3.8) is 0 Å². The fourth-order valence-electron chi connectivity index (χ4n) is 1.95. The van der Waals surface area contributed by atoms with Gasteiger partial charge in [-0.05, 0) is 25.0 Å². The van der Waals surface area contributed by atoms with Gasteiger partial charge in [0.15, 0.2) is 0 Å². The number of phenolic OH excluding ortho intramolecular Hbond substituents is 1. The zero-order valence-electron chi connectivity index (χ0n) is 10.6. The molecule has 1 aromatic rings. The van der Waals surface area contributed by atoms with Gasteiger partial charge in [-0.3, -0.25) is 4.72 Å². The first kappa shape index (κ1) is 14.0. The third-order valence-corrected chi connectivity index (χ3v) is 4.24. The zero-order valence-corrected chi connectivity index (χ0v) is 11.4. The molecule has 7 heteroatoms. The van der Waals surface area contributed by atoms with Gasteiger partial charge in [0.1, 0.15) is 11.5 Å². The average molecular weight is 287 g/mol. The Kier molecular flexibility index (Phi) is 4.16. The number of rotatable bonds is 5. The second kappa shape index (κ2) is 5.66. The van der Waals surface area contributed by atoms with E-state index in [1.54, 1.807) is 6.07 Å². The van der Waals surface area contributed by atoms with E-state index in [1.807, 2.05) is 0 Å². The summed E-state index contributed by atoms with van der Waals surface area (Å²) in [5, 5.41) is 9.64. The lowest BCUT2D eigenvalue weighted by Crippen LogP contribution is -2.25. The summed E-state index contributed by atoms with van der Waals surface area (Å²) in [7, 11) is -2.09. The summed E-state index contributed by atoms with van der Waals surface area (Å²) in [4.78, 5) is 0. The Balaban J connectivity index is 2.10. The highest BCUT2D eigenvalue weighted by Gasteiger charge is 2.24. The lowest BCUT2D eigenvalue weighted by molar-refractivity contribution is 0.127. The van der Waals surface area contributed by atoms with Crippen LogP contribution in [0.25, 0.3) is 0 Å². The van der Waals surface area contributed by atoms with E-state index in [0.29, 0.717) is 12.4 Å². The van der Waals surface area contributed by atoms with Gasteiger partial charge >= 0.3 is 0 Å². The monoisotopic (exact) mass is 287 g/mol. The molecule has 1 atom stereocenters. The lowest BCUT2D eigenvalue weighted by atomic mass is 10.3. The quantitative estimate of drug-likeness (QED) is 0.798. The smallest absolute Gasteiger partial charge is 0.235 e. The molecule has 0 radical (unpaired) electrons. The number of sulfonamides is 1. The Labute approximate surface area is 112 Å². The van der Waals surface area contributed by atoms with Crippen LogP contribution in [0.3, 0.4) is 0 Å². The van der Waals surface area contributed by atoms with Gasteiger partial charge in [-0.15, -0.1) is 0 Å². The minimum absolute atomic E-state index is 0.107. The minimum atomic E-state index is -3.56. The van der Waals surface area contributed by atoms with Crippen molar-refractivity contribution < 1.29 is 23.0 Å². The normalized spacial score (nSPS) is 19.3. The Hall–Kier alpha value is -1.47. The second-order valence-electron chi connectivity index (χ2n) is 4.40. The molecule has 0 aromatic heterocycles. The third kappa shape index (κ3) is 3.74. The minimum Gasteiger partial charge on any atom is -0.506 e. The predicted molar refractivity (Wildman–Crippen MR) is 71.0 cm³/mol. The van der Waals surface area contributed by atoms with Crippen molar-refractivity contribution in [3.05, 3.63) is 18.2 Å². The van der Waals surface area contributed by atoms with Crippen LogP contribution < -0.4 is 9.46 Å². The summed E-state index contributed by atoms with van der Waals surface area (Å²) in [6.45, 7) is 0.602. The van der Waals surface area contributed by atoms with Crippen LogP contribution in [-0.2, 0) is 14.8 Å². The molecular formula is C12H17NO5S. The fraction of sp³-hybridized carbons (Fsp3) is 0.500. The summed E-state index contributed by atoms with van der Waals surface area (Å²) >= 11 is 0. The number of hydrogen-bond donors (Lipinski definition) is 2. The summed E-state index contributed by atoms with van der Waals surface area (Å²) in [5.41, 5.74) is 0.109. The van der Waals surface area contributed by atoms with Gasteiger partial charge in [0.25, 0.3) is 0 Å². The molecular weight excluding hydrogens is 270 g/mol. The van der Waals surface area contributed by atoms with Crippen LogP contribution in [0.1, 0.15) is 12.8 Å². The van der Waals surface area contributed by atoms with Crippen LogP contribution in [-0.4, -0.2) is 39.1 Å². The average Bonchev–Trinajstić information content (AvgIpc) is 2.83. The predicted octanol–water partition coefficient (Wildman–Crippen LogP) is 1.32. The maximum atomic E-state index is 12.0. The molecule has 0 spiro atoms. The molecule has 1 fully saturated rings. The number of nitrogens with one attached hydrogen (secondary N) is 1. The number of methoxy groups -OCH3 is 1. The van der Waals surface area contributed by atoms with E-state index in [0.717, 1.165) is 12.8 Å². The highest BCUT2D eigenvalue weighted by atomic mass is 32.2. The zero-order chi connectivity index (χ0) is 13.9. The van der Waals surface area contributed by atoms with Crippen molar-refractivity contribution in [1.82, 2.24) is 0 Å². The molecule has 6 nitrogen and oxygen atoms in total. The molecule has 1 saturated heterocycles. The number of aromatic hydroxyl groups is 1. The Morgan fingerprint density at radius 1 is 1.53 bits per heavy atom. The number of hydrogen-bond acceptors (Lipinski definition) is 5. The maximum absolute atomic E-state index is 12.0. The maximum Gasteiger partial charge on any atom is 0.235 e. The molecule has 0 amide bonds. The SMILES string of the molecule is COc1ccc(O)c(NS(=O)(=O)CC2CCCO2)c1. The van der Waals surface area contributed by atoms with Gasteiger partial charge in [-0.2, -0.15) is 0 Å². The van der Waals surface area contributed by atoms with Gasteiger partial charge in [0.05, 0.1) is 24.7 Å². The van der Waals surface area contributed by atoms with Crippen LogP contribution >= 0.6 is 0 Å². The number of phenols is 1. The summed E-state index contributed by atoms with van der Waals surface area (Å²) in [5.74, 6) is 0.216. The molecule has 2 rings (SSSR count). The van der Waals surface area contributed by atoms with Gasteiger partial charge in [-0.1, -0.05) is 0 Å². The molecule has 2 N–H and O–H groups in total. The number of anilines is 1. The molecule has 1 heterocycles. The highest BCUT2D eigenvalue weighted by Crippen LogP contribution is 2.29. The first-order valence-electron chi connectivity index (χ1n) is 5.99. The number of benzene rings is 1. The molecule has 0 bridgehead atoms. The standard InChI is InChI=1S/C12H17NO5S/c1-17-9-4-5-12(14)11(7-9)13-19(15,16)8-10-3-2-6-18-10/h4-5,7,10,13-14H,2-3,6,8H2,1H3. The summed E-state index contributed by atoms with van der Waals surface area (Å²) in [6, 6.07) is 4.36. The van der Waals surface area contributed by atoms with Crippen LogP contribution in [0.15, 0.2) is 18.2 Å². The molecule has 106 valence electrons. The van der Waals surface area contributed by atoms with E-state index < -0.39 is 10.0 Å². The van der Waals surface area contributed by atoms with E-state index in [4.69, 9.17) is 9.47 Å². The molecule has 0 aliphatic carbocycles.